The van der Waals surface area contributed by atoms with Crippen LogP contribution >= 0.6 is 0 Å². The van der Waals surface area contributed by atoms with E-state index in [0.29, 0.717) is 16.9 Å². The Morgan fingerprint density at radius 1 is 1.12 bits per heavy atom. The maximum Gasteiger partial charge on any atom is 0.280 e. The van der Waals surface area contributed by atoms with E-state index in [2.05, 4.69) is 20.6 Å². The maximum atomic E-state index is 13.8. The van der Waals surface area contributed by atoms with Crippen molar-refractivity contribution in [2.45, 2.75) is 33.9 Å². The number of halogens is 1. The number of rotatable bonds is 7. The van der Waals surface area contributed by atoms with Crippen LogP contribution < -0.4 is 10.1 Å². The fourth-order valence-corrected chi connectivity index (χ4v) is 3.30. The summed E-state index contributed by atoms with van der Waals surface area (Å²) in [6.45, 7) is 5.94. The third-order valence-corrected chi connectivity index (χ3v) is 5.02. The number of carbonyl (C=O) groups is 1. The minimum atomic E-state index is -0.523. The van der Waals surface area contributed by atoms with Gasteiger partial charge in [0.2, 0.25) is 5.95 Å². The number of nitrogens with zero attached hydrogens (tertiary/aromatic N) is 4. The maximum absolute atomic E-state index is 13.8. The lowest BCUT2D eigenvalue weighted by atomic mass is 10.1. The van der Waals surface area contributed by atoms with Gasteiger partial charge in [-0.3, -0.25) is 10.1 Å². The molecule has 4 rings (SSSR count). The average Bonchev–Trinajstić information content (AvgIpc) is 3.35. The summed E-state index contributed by atoms with van der Waals surface area (Å²) in [6.07, 6.45) is 1.42. The van der Waals surface area contributed by atoms with Gasteiger partial charge < -0.3 is 9.26 Å². The molecule has 2 aromatic heterocycles. The van der Waals surface area contributed by atoms with E-state index in [1.165, 1.54) is 17.1 Å². The quantitative estimate of drug-likeness (QED) is 0.467. The highest BCUT2D eigenvalue weighted by Crippen LogP contribution is 2.25. The molecule has 0 bridgehead atoms. The first-order chi connectivity index (χ1) is 15.4. The van der Waals surface area contributed by atoms with Gasteiger partial charge in [-0.1, -0.05) is 41.6 Å². The van der Waals surface area contributed by atoms with Crippen molar-refractivity contribution in [1.29, 1.82) is 0 Å². The molecular formula is C23H22FN5O3. The average molecular weight is 435 g/mol. The van der Waals surface area contributed by atoms with Crippen LogP contribution in [-0.4, -0.2) is 25.8 Å². The molecule has 0 fully saturated rings. The number of aromatic nitrogens is 4. The summed E-state index contributed by atoms with van der Waals surface area (Å²) in [4.78, 5) is 16.8. The minimum Gasteiger partial charge on any atom is -0.488 e. The van der Waals surface area contributed by atoms with Crippen LogP contribution in [0.3, 0.4) is 0 Å². The summed E-state index contributed by atoms with van der Waals surface area (Å²) in [7, 11) is 0. The van der Waals surface area contributed by atoms with Crippen LogP contribution in [0.25, 0.3) is 0 Å². The lowest BCUT2D eigenvalue weighted by Gasteiger charge is -2.11. The molecule has 0 radical (unpaired) electrons. The Hall–Kier alpha value is -4.01. The number of aryl methyl sites for hydroxylation is 3. The van der Waals surface area contributed by atoms with Gasteiger partial charge in [0.15, 0.2) is 5.69 Å². The summed E-state index contributed by atoms with van der Waals surface area (Å²) in [5.41, 5.74) is 3.09. The second-order valence-corrected chi connectivity index (χ2v) is 7.39. The molecule has 32 heavy (non-hydrogen) atoms. The molecule has 0 spiro atoms. The van der Waals surface area contributed by atoms with E-state index >= 15 is 0 Å². The van der Waals surface area contributed by atoms with E-state index in [1.54, 1.807) is 25.1 Å². The first kappa shape index (κ1) is 21.2. The Labute approximate surface area is 184 Å². The van der Waals surface area contributed by atoms with Crippen LogP contribution in [0.5, 0.6) is 5.75 Å². The van der Waals surface area contributed by atoms with Crippen LogP contribution in [0.15, 0.2) is 53.3 Å². The zero-order valence-corrected chi connectivity index (χ0v) is 17.9. The first-order valence-corrected chi connectivity index (χ1v) is 10.0. The fourth-order valence-electron chi connectivity index (χ4n) is 3.30. The lowest BCUT2D eigenvalue weighted by molar-refractivity contribution is 0.101. The van der Waals surface area contributed by atoms with E-state index < -0.39 is 5.91 Å². The second kappa shape index (κ2) is 9.01. The lowest BCUT2D eigenvalue weighted by Crippen LogP contribution is -2.17. The molecule has 2 heterocycles. The highest BCUT2D eigenvalue weighted by Gasteiger charge is 2.22. The van der Waals surface area contributed by atoms with Crippen molar-refractivity contribution in [3.8, 4) is 5.75 Å². The van der Waals surface area contributed by atoms with Gasteiger partial charge in [0, 0.05) is 5.56 Å². The molecule has 9 heteroatoms. The van der Waals surface area contributed by atoms with Crippen LogP contribution in [0.4, 0.5) is 10.3 Å². The molecule has 0 aliphatic rings. The van der Waals surface area contributed by atoms with Crippen molar-refractivity contribution >= 4 is 11.9 Å². The van der Waals surface area contributed by atoms with Gasteiger partial charge in [0.05, 0.1) is 12.1 Å². The molecule has 0 saturated heterocycles. The number of anilines is 1. The molecule has 0 atom stereocenters. The van der Waals surface area contributed by atoms with Crippen molar-refractivity contribution in [1.82, 2.24) is 19.9 Å². The SMILES string of the molecule is Cc1cccc(C)c1OCc1c(C(=O)Nc2ncn(Cc3ccccc3F)n2)noc1C. The standard InChI is InChI=1S/C23H22FN5O3/c1-14-7-6-8-15(2)21(14)31-12-18-16(3)32-28-20(18)22(30)26-23-25-13-29(27-23)11-17-9-4-5-10-19(17)24/h4-10,13H,11-12H2,1-3H3,(H,26,27,30). The van der Waals surface area contributed by atoms with Crippen molar-refractivity contribution in [3.63, 3.8) is 0 Å². The van der Waals surface area contributed by atoms with Gasteiger partial charge in [-0.05, 0) is 38.0 Å². The predicted molar refractivity (Wildman–Crippen MR) is 115 cm³/mol. The van der Waals surface area contributed by atoms with Gasteiger partial charge in [0.1, 0.15) is 30.3 Å². The van der Waals surface area contributed by atoms with E-state index in [9.17, 15) is 9.18 Å². The Balaban J connectivity index is 1.46. The topological polar surface area (TPSA) is 95.1 Å². The monoisotopic (exact) mass is 435 g/mol. The Morgan fingerprint density at radius 2 is 1.88 bits per heavy atom. The van der Waals surface area contributed by atoms with Crippen LogP contribution in [-0.2, 0) is 13.2 Å². The van der Waals surface area contributed by atoms with E-state index in [4.69, 9.17) is 9.26 Å². The van der Waals surface area contributed by atoms with Crippen molar-refractivity contribution in [2.75, 3.05) is 5.32 Å². The third kappa shape index (κ3) is 4.51. The second-order valence-electron chi connectivity index (χ2n) is 7.39. The zero-order valence-electron chi connectivity index (χ0n) is 17.9. The predicted octanol–water partition coefficient (Wildman–Crippen LogP) is 4.21. The molecule has 164 valence electrons. The number of hydrogen-bond acceptors (Lipinski definition) is 6. The highest BCUT2D eigenvalue weighted by molar-refractivity contribution is 6.02. The molecule has 4 aromatic rings. The van der Waals surface area contributed by atoms with Crippen molar-refractivity contribution < 1.29 is 18.4 Å². The smallest absolute Gasteiger partial charge is 0.280 e. The van der Waals surface area contributed by atoms with Crippen LogP contribution in [0.2, 0.25) is 0 Å². The van der Waals surface area contributed by atoms with Gasteiger partial charge in [-0.25, -0.2) is 14.1 Å². The number of amides is 1. The molecule has 2 aromatic carbocycles. The number of hydrogen-bond donors (Lipinski definition) is 1. The van der Waals surface area contributed by atoms with Crippen LogP contribution in [0.1, 0.15) is 38.5 Å². The largest absolute Gasteiger partial charge is 0.488 e. The van der Waals surface area contributed by atoms with E-state index in [0.717, 1.165) is 16.9 Å². The fraction of sp³-hybridized carbons (Fsp3) is 0.217. The molecule has 0 aliphatic heterocycles. The normalized spacial score (nSPS) is 10.9. The molecule has 0 saturated carbocycles. The third-order valence-electron chi connectivity index (χ3n) is 5.02. The van der Waals surface area contributed by atoms with Crippen LogP contribution in [0, 0.1) is 26.6 Å². The Bertz CT molecular complexity index is 1240. The first-order valence-electron chi connectivity index (χ1n) is 10.0. The van der Waals surface area contributed by atoms with Gasteiger partial charge >= 0.3 is 0 Å². The Kier molecular flexibility index (Phi) is 5.98. The molecular weight excluding hydrogens is 413 g/mol. The van der Waals surface area contributed by atoms with Crippen molar-refractivity contribution in [2.24, 2.45) is 0 Å². The Morgan fingerprint density at radius 3 is 2.62 bits per heavy atom. The van der Waals surface area contributed by atoms with Gasteiger partial charge in [-0.15, -0.1) is 5.10 Å². The number of ether oxygens (including phenoxy) is 1. The molecule has 1 amide bonds. The van der Waals surface area contributed by atoms with E-state index in [-0.39, 0.29) is 30.6 Å². The zero-order chi connectivity index (χ0) is 22.7. The number of benzene rings is 2. The molecule has 0 unspecified atom stereocenters. The highest BCUT2D eigenvalue weighted by atomic mass is 19.1. The summed E-state index contributed by atoms with van der Waals surface area (Å²) in [5.74, 6) is 0.465. The summed E-state index contributed by atoms with van der Waals surface area (Å²) < 4.78 is 26.5. The summed E-state index contributed by atoms with van der Waals surface area (Å²) >= 11 is 0. The minimum absolute atomic E-state index is 0.0774. The van der Waals surface area contributed by atoms with Crippen molar-refractivity contribution in [3.05, 3.63) is 88.3 Å². The molecule has 0 aliphatic carbocycles. The van der Waals surface area contributed by atoms with Gasteiger partial charge in [-0.2, -0.15) is 0 Å². The number of carbonyl (C=O) groups excluding carboxylic acids is 1. The number of para-hydroxylation sites is 1. The van der Waals surface area contributed by atoms with E-state index in [1.807, 2.05) is 32.0 Å². The number of nitrogens with one attached hydrogen (secondary N) is 1. The molecule has 1 N–H and O–H groups in total. The van der Waals surface area contributed by atoms with Gasteiger partial charge in [0.25, 0.3) is 5.91 Å². The summed E-state index contributed by atoms with van der Waals surface area (Å²) in [5, 5.41) is 10.7. The molecule has 8 nitrogen and oxygen atoms in total. The summed E-state index contributed by atoms with van der Waals surface area (Å²) in [6, 6.07) is 12.3.